The Morgan fingerprint density at radius 1 is 0.357 bits per heavy atom. The van der Waals surface area contributed by atoms with Gasteiger partial charge in [0.2, 0.25) is 0 Å². The Morgan fingerprint density at radius 2 is 0.700 bits per heavy atom. The van der Waals surface area contributed by atoms with Gasteiger partial charge in [0.15, 0.2) is 0 Å². The molecule has 0 atom stereocenters. The molecular weight excluding hydrogens is 1930 g/mol. The molecule has 8 aromatic carbocycles. The van der Waals surface area contributed by atoms with Gasteiger partial charge >= 0.3 is 17.9 Å². The topological polar surface area (TPSA) is 306 Å². The first-order chi connectivity index (χ1) is 67.3. The summed E-state index contributed by atoms with van der Waals surface area (Å²) in [5.74, 6) is 3.80. The van der Waals surface area contributed by atoms with Crippen molar-refractivity contribution < 1.29 is 61.3 Å². The lowest BCUT2D eigenvalue weighted by molar-refractivity contribution is 0.0686. The molecule has 0 amide bonds. The number of thiazole rings is 5. The number of ether oxygens (including phenoxy) is 2. The normalized spacial score (nSPS) is 11.7. The SMILES string of the molecule is C=C(Cn1c(=C)s/c(=C\c2ccc(-c3ccc(Cl)cc3Cl)o2)c1=O)OCC.C=C(Cn1c(=C)s/c(=C\c2ccc(-c3ccccc3)o2)c1=O)OCC.C=c1s/c(=C\c2ccc(-c3ccc(C(=O)O)cc3)o2)c(=O)n1-c1ccccc1.C=c1s/c(=C\c2ccc(-c3ccc(C(=O)O)cc3)o2)c(=O)n1Cc1ccccc1.C=c1s/c(=C\c2ccc(-c3ccc(Cl)c(C(=O)O)c3)o2)c(=O)n1Cc1ccc(C)cc1. The summed E-state index contributed by atoms with van der Waals surface area (Å²) in [5, 5.41) is 28.4. The van der Waals surface area contributed by atoms with Gasteiger partial charge in [0, 0.05) is 63.2 Å². The third-order valence-corrected chi connectivity index (χ3v) is 26.6. The number of hydrogen-bond donors (Lipinski definition) is 3. The second-order valence-corrected chi connectivity index (χ2v) is 37.6. The zero-order valence-electron chi connectivity index (χ0n) is 75.3. The highest BCUT2D eigenvalue weighted by Crippen LogP contribution is 2.33. The molecule has 0 aliphatic rings. The van der Waals surface area contributed by atoms with E-state index in [2.05, 4.69) is 46.1 Å². The number of nitrogens with zero attached hydrogens (tertiary/aromatic N) is 5. The molecule has 0 aliphatic carbocycles. The average Bonchev–Trinajstić information content (AvgIpc) is 1.69. The van der Waals surface area contributed by atoms with Crippen LogP contribution in [-0.4, -0.2) is 69.3 Å². The smallest absolute Gasteiger partial charge is 0.337 e. The molecule has 0 unspecified atom stereocenters. The summed E-state index contributed by atoms with van der Waals surface area (Å²) in [6, 6.07) is 77.6. The van der Waals surface area contributed by atoms with Gasteiger partial charge in [-0.2, -0.15) is 0 Å². The third-order valence-electron chi connectivity index (χ3n) is 20.9. The second kappa shape index (κ2) is 46.0. The van der Waals surface area contributed by atoms with Crippen molar-refractivity contribution in [3.63, 3.8) is 0 Å². The van der Waals surface area contributed by atoms with E-state index in [1.807, 2.05) is 148 Å². The average molecular weight is 2020 g/mol. The molecule has 10 aromatic heterocycles. The Balaban J connectivity index is 0.000000140. The Morgan fingerprint density at radius 3 is 1.10 bits per heavy atom. The number of halogens is 3. The van der Waals surface area contributed by atoms with Crippen molar-refractivity contribution in [2.75, 3.05) is 13.2 Å². The minimum Gasteiger partial charge on any atom is -0.497 e. The second-order valence-electron chi connectivity index (χ2n) is 30.7. The maximum Gasteiger partial charge on any atom is 0.337 e. The number of allylic oxidation sites excluding steroid dienone is 2. The summed E-state index contributed by atoms with van der Waals surface area (Å²) >= 11 is 24.6. The predicted molar refractivity (Wildman–Crippen MR) is 560 cm³/mol. The number of aromatic nitrogens is 5. The van der Waals surface area contributed by atoms with Crippen LogP contribution in [0.3, 0.4) is 0 Å². The van der Waals surface area contributed by atoms with Gasteiger partial charge in [-0.25, -0.2) is 14.4 Å². The van der Waals surface area contributed by atoms with E-state index in [-0.39, 0.29) is 56.1 Å². The molecule has 18 rings (SSSR count). The quantitative estimate of drug-likeness (QED) is 0.0424. The van der Waals surface area contributed by atoms with E-state index >= 15 is 0 Å². The summed E-state index contributed by atoms with van der Waals surface area (Å²) in [4.78, 5) is 96.9. The number of benzene rings is 8. The van der Waals surface area contributed by atoms with Crippen molar-refractivity contribution in [1.29, 1.82) is 0 Å². The van der Waals surface area contributed by atoms with Gasteiger partial charge in [-0.05, 0) is 165 Å². The molecule has 0 saturated heterocycles. The van der Waals surface area contributed by atoms with Gasteiger partial charge in [0.05, 0.1) is 118 Å². The Labute approximate surface area is 833 Å². The van der Waals surface area contributed by atoms with Crippen molar-refractivity contribution in [2.24, 2.45) is 0 Å². The van der Waals surface area contributed by atoms with Crippen LogP contribution in [0, 0.1) is 6.92 Å². The zero-order chi connectivity index (χ0) is 99.5. The predicted octanol–water partition coefficient (Wildman–Crippen LogP) is 17.6. The number of carboxylic acids is 3. The molecule has 0 radical (unpaired) electrons. The van der Waals surface area contributed by atoms with Crippen molar-refractivity contribution in [3.8, 4) is 62.3 Å². The van der Waals surface area contributed by atoms with Crippen LogP contribution in [0.15, 0.2) is 332 Å². The van der Waals surface area contributed by atoms with Crippen LogP contribution in [-0.2, 0) is 35.7 Å². The first kappa shape index (κ1) is 100. The maximum atomic E-state index is 12.9. The maximum absolute atomic E-state index is 12.9. The molecule has 0 aliphatic heterocycles. The van der Waals surface area contributed by atoms with E-state index < -0.39 is 17.9 Å². The summed E-state index contributed by atoms with van der Waals surface area (Å²) < 4.78 is 53.7. The summed E-state index contributed by atoms with van der Waals surface area (Å²) in [6.45, 7) is 35.8. The minimum atomic E-state index is -1.11. The number of rotatable bonds is 26. The number of aromatic carboxylic acids is 3. The van der Waals surface area contributed by atoms with Crippen LogP contribution in [0.2, 0.25) is 15.1 Å². The number of carbonyl (C=O) groups is 3. The molecule has 706 valence electrons. The van der Waals surface area contributed by atoms with Gasteiger partial charge < -0.3 is 46.9 Å². The fourth-order valence-electron chi connectivity index (χ4n) is 14.0. The monoisotopic (exact) mass is 2020 g/mol. The largest absolute Gasteiger partial charge is 0.497 e. The van der Waals surface area contributed by atoms with Crippen molar-refractivity contribution in [1.82, 2.24) is 22.8 Å². The van der Waals surface area contributed by atoms with Gasteiger partial charge in [0.25, 0.3) is 27.8 Å². The Hall–Kier alpha value is -15.6. The zero-order valence-corrected chi connectivity index (χ0v) is 81.6. The van der Waals surface area contributed by atoms with Gasteiger partial charge in [-0.3, -0.25) is 46.8 Å². The summed E-state index contributed by atoms with van der Waals surface area (Å²) in [6.07, 6.45) is 8.50. The van der Waals surface area contributed by atoms with Crippen molar-refractivity contribution in [3.05, 3.63) is 461 Å². The number of aryl methyl sites for hydroxylation is 1. The molecule has 0 saturated carbocycles. The van der Waals surface area contributed by atoms with E-state index in [9.17, 15) is 43.5 Å². The fraction of sp³-hybridized carbons (Fsp3) is 0.0826. The molecule has 18 aromatic rings. The molecule has 31 heteroatoms. The van der Waals surface area contributed by atoms with E-state index in [1.54, 1.807) is 146 Å². The first-order valence-corrected chi connectivity index (χ1v) is 48.0. The highest BCUT2D eigenvalue weighted by atomic mass is 35.5. The van der Waals surface area contributed by atoms with Crippen molar-refractivity contribution >= 4 is 173 Å². The number of carboxylic acid groups (broad SMARTS) is 3. The molecule has 0 fully saturated rings. The highest BCUT2D eigenvalue weighted by Gasteiger charge is 2.19. The Kier molecular flexibility index (Phi) is 33.0. The minimum absolute atomic E-state index is 0.0000409. The molecule has 3 N–H and O–H groups in total. The molecular formula is C109H86Cl3N5O18S5. The molecule has 0 spiro atoms. The van der Waals surface area contributed by atoms with E-state index in [0.717, 1.165) is 50.4 Å². The van der Waals surface area contributed by atoms with Gasteiger partial charge in [-0.1, -0.05) is 214 Å². The van der Waals surface area contributed by atoms with Crippen LogP contribution in [0.4, 0.5) is 0 Å². The van der Waals surface area contributed by atoms with Crippen LogP contribution < -0.4 is 73.8 Å². The van der Waals surface area contributed by atoms with Gasteiger partial charge in [0.1, 0.15) is 69.1 Å². The standard InChI is InChI=1S/C24H18ClNO4S.C23H17NO4S.C22H15NO4S.C20H17Cl2NO3S.C20H19NO3S/c1-14-3-5-16(6-4-14)13-26-15(2)31-22(23(26)27)12-18-8-10-21(30-18)17-7-9-20(25)19(11-17)24(28)29;1-15-24(14-16-5-3-2-4-6-16)22(25)21(29-15)13-19-11-12-20(28-19)17-7-9-18(10-8-17)23(26)27;1-14-23(17-5-3-2-4-6-17)21(24)20(28-14)13-18-11-12-19(27-18)15-7-9-16(10-8-15)22(25)26;1-4-25-12(2)11-23-13(3)27-19(20(23)24)10-15-6-8-18(26-15)16-7-5-14(21)9-17(16)22;1-4-23-14(2)13-21-15(3)25-19(20(21)22)12-17-10-11-18(24-17)16-8-6-5-7-9-16/h3-12H,2,13H2,1H3,(H,28,29);2-13H,1,14H2,(H,26,27);2-13H,1H2,(H,25,26);5-10H,2-4,11H2,1H3;5-12H,2-4,13H2,1H3/b22-12-;21-13-;20-13-;19-10-;19-12-. The molecule has 140 heavy (non-hydrogen) atoms. The third kappa shape index (κ3) is 25.2. The van der Waals surface area contributed by atoms with Crippen molar-refractivity contribution in [2.45, 2.75) is 47.0 Å². The molecule has 10 heterocycles. The molecule has 23 nitrogen and oxygen atoms in total. The summed E-state index contributed by atoms with van der Waals surface area (Å²) in [5.41, 5.74) is 7.60. The first-order valence-electron chi connectivity index (χ1n) is 42.8. The van der Waals surface area contributed by atoms with E-state index in [4.69, 9.17) is 76.6 Å². The van der Waals surface area contributed by atoms with Crippen LogP contribution in [0.25, 0.3) is 126 Å². The van der Waals surface area contributed by atoms with E-state index in [0.29, 0.717) is 158 Å². The van der Waals surface area contributed by atoms with Crippen LogP contribution in [0.5, 0.6) is 0 Å². The number of furan rings is 5. The summed E-state index contributed by atoms with van der Waals surface area (Å²) in [7, 11) is 0. The molecule has 0 bridgehead atoms. The van der Waals surface area contributed by atoms with Gasteiger partial charge in [-0.15, -0.1) is 56.7 Å². The lowest BCUT2D eigenvalue weighted by Crippen LogP contribution is -2.31. The number of para-hydroxylation sites is 1. The van der Waals surface area contributed by atoms with E-state index in [1.165, 1.54) is 97.6 Å². The Bertz CT molecular complexity index is 8600. The lowest BCUT2D eigenvalue weighted by Gasteiger charge is -2.06. The fourth-order valence-corrected chi connectivity index (χ4v) is 19.1. The number of hydrogen-bond acceptors (Lipinski definition) is 20. The van der Waals surface area contributed by atoms with Crippen LogP contribution in [0.1, 0.15) is 90.4 Å². The highest BCUT2D eigenvalue weighted by molar-refractivity contribution is 7.08. The van der Waals surface area contributed by atoms with Crippen LogP contribution >= 0.6 is 91.5 Å². The lowest BCUT2D eigenvalue weighted by atomic mass is 10.1.